The van der Waals surface area contributed by atoms with Gasteiger partial charge in [0.2, 0.25) is 11.9 Å². The molecule has 29 heavy (non-hydrogen) atoms. The van der Waals surface area contributed by atoms with Gasteiger partial charge >= 0.3 is 0 Å². The van der Waals surface area contributed by atoms with E-state index in [0.29, 0.717) is 46.9 Å². The lowest BCUT2D eigenvalue weighted by Gasteiger charge is -2.13. The van der Waals surface area contributed by atoms with Gasteiger partial charge < -0.3 is 10.6 Å². The second-order valence-electron chi connectivity index (χ2n) is 7.08. The molecule has 6 nitrogen and oxygen atoms in total. The minimum atomic E-state index is -0.361. The number of hydrogen-bond acceptors (Lipinski definition) is 5. The Balaban J connectivity index is 1.72. The van der Waals surface area contributed by atoms with E-state index in [2.05, 4.69) is 39.4 Å². The van der Waals surface area contributed by atoms with E-state index in [-0.39, 0.29) is 11.6 Å². The molecule has 0 aliphatic carbocycles. The van der Waals surface area contributed by atoms with Gasteiger partial charge in [0.25, 0.3) is 0 Å². The third-order valence-corrected chi connectivity index (χ3v) is 4.26. The standard InChI is InChI=1S/C21H20F2N6/c1-13(2)12-29-19-18(27-21(29)26-17-6-4-3-5-16(17)23)11-24-20(28-19)25-15-9-7-14(22)8-10-15/h3-11,13H,12H2,1-2H3,(H,26,27)(H,24,25,28). The minimum absolute atomic E-state index is 0.314. The summed E-state index contributed by atoms with van der Waals surface area (Å²) in [6.45, 7) is 4.80. The van der Waals surface area contributed by atoms with Crippen molar-refractivity contribution in [1.29, 1.82) is 0 Å². The maximum atomic E-state index is 14.1. The molecule has 0 fully saturated rings. The normalized spacial score (nSPS) is 11.2. The Morgan fingerprint density at radius 2 is 1.72 bits per heavy atom. The van der Waals surface area contributed by atoms with Crippen LogP contribution >= 0.6 is 0 Å². The predicted molar refractivity (Wildman–Crippen MR) is 110 cm³/mol. The molecule has 0 amide bonds. The number of benzene rings is 2. The van der Waals surface area contributed by atoms with E-state index in [1.165, 1.54) is 18.2 Å². The molecule has 0 radical (unpaired) electrons. The number of para-hydroxylation sites is 1. The fourth-order valence-electron chi connectivity index (χ4n) is 2.96. The fraction of sp³-hybridized carbons (Fsp3) is 0.190. The third-order valence-electron chi connectivity index (χ3n) is 4.26. The zero-order chi connectivity index (χ0) is 20.4. The van der Waals surface area contributed by atoms with E-state index in [1.807, 2.05) is 4.57 Å². The van der Waals surface area contributed by atoms with Gasteiger partial charge in [-0.3, -0.25) is 4.57 Å². The molecule has 8 heteroatoms. The highest BCUT2D eigenvalue weighted by molar-refractivity contribution is 5.77. The van der Waals surface area contributed by atoms with E-state index in [0.717, 1.165) is 0 Å². The molecule has 0 aliphatic heterocycles. The molecule has 2 heterocycles. The van der Waals surface area contributed by atoms with E-state index in [1.54, 1.807) is 36.5 Å². The number of nitrogens with zero attached hydrogens (tertiary/aromatic N) is 4. The van der Waals surface area contributed by atoms with E-state index >= 15 is 0 Å². The zero-order valence-electron chi connectivity index (χ0n) is 16.0. The lowest BCUT2D eigenvalue weighted by Crippen LogP contribution is -2.10. The molecule has 0 saturated heterocycles. The maximum absolute atomic E-state index is 14.1. The van der Waals surface area contributed by atoms with Gasteiger partial charge in [0, 0.05) is 12.2 Å². The Bertz CT molecular complexity index is 1140. The number of nitrogens with one attached hydrogen (secondary N) is 2. The van der Waals surface area contributed by atoms with Crippen molar-refractivity contribution in [2.24, 2.45) is 5.92 Å². The van der Waals surface area contributed by atoms with Crippen molar-refractivity contribution < 1.29 is 8.78 Å². The summed E-state index contributed by atoms with van der Waals surface area (Å²) in [4.78, 5) is 13.4. The lowest BCUT2D eigenvalue weighted by molar-refractivity contribution is 0.534. The molecule has 0 aliphatic rings. The average Bonchev–Trinajstić information content (AvgIpc) is 3.02. The van der Waals surface area contributed by atoms with Gasteiger partial charge in [0.1, 0.15) is 17.2 Å². The van der Waals surface area contributed by atoms with Crippen LogP contribution in [0, 0.1) is 17.6 Å². The van der Waals surface area contributed by atoms with Crippen LogP contribution in [0.25, 0.3) is 11.2 Å². The van der Waals surface area contributed by atoms with Gasteiger partial charge in [-0.1, -0.05) is 26.0 Å². The summed E-state index contributed by atoms with van der Waals surface area (Å²) in [5, 5.41) is 6.12. The van der Waals surface area contributed by atoms with Crippen molar-refractivity contribution >= 4 is 34.4 Å². The Morgan fingerprint density at radius 3 is 2.45 bits per heavy atom. The van der Waals surface area contributed by atoms with Crippen LogP contribution < -0.4 is 10.6 Å². The fourth-order valence-corrected chi connectivity index (χ4v) is 2.96. The number of anilines is 4. The topological polar surface area (TPSA) is 67.7 Å². The number of imidazole rings is 1. The van der Waals surface area contributed by atoms with Crippen molar-refractivity contribution in [3.05, 3.63) is 66.4 Å². The van der Waals surface area contributed by atoms with Crippen molar-refractivity contribution in [2.75, 3.05) is 10.6 Å². The molecular formula is C21H20F2N6. The highest BCUT2D eigenvalue weighted by atomic mass is 19.1. The average molecular weight is 394 g/mol. The van der Waals surface area contributed by atoms with Gasteiger partial charge in [0.15, 0.2) is 5.65 Å². The SMILES string of the molecule is CC(C)Cn1c(Nc2ccccc2F)nc2cnc(Nc3ccc(F)cc3)nc21. The lowest BCUT2D eigenvalue weighted by atomic mass is 10.2. The number of rotatable bonds is 6. The summed E-state index contributed by atoms with van der Waals surface area (Å²) in [6.07, 6.45) is 1.61. The van der Waals surface area contributed by atoms with Crippen LogP contribution in [-0.4, -0.2) is 19.5 Å². The van der Waals surface area contributed by atoms with Crippen LogP contribution in [0.15, 0.2) is 54.7 Å². The van der Waals surface area contributed by atoms with Crippen molar-refractivity contribution in [3.63, 3.8) is 0 Å². The highest BCUT2D eigenvalue weighted by Crippen LogP contribution is 2.25. The van der Waals surface area contributed by atoms with Crippen LogP contribution in [0.2, 0.25) is 0 Å². The predicted octanol–water partition coefficient (Wildman–Crippen LogP) is 5.25. The second kappa shape index (κ2) is 7.83. The van der Waals surface area contributed by atoms with Crippen molar-refractivity contribution in [3.8, 4) is 0 Å². The maximum Gasteiger partial charge on any atom is 0.229 e. The first-order valence-corrected chi connectivity index (χ1v) is 9.27. The molecule has 4 rings (SSSR count). The third kappa shape index (κ3) is 4.16. The first-order valence-electron chi connectivity index (χ1n) is 9.27. The summed E-state index contributed by atoms with van der Waals surface area (Å²) in [5.41, 5.74) is 2.22. The molecule has 0 atom stereocenters. The van der Waals surface area contributed by atoms with Gasteiger partial charge in [-0.15, -0.1) is 0 Å². The molecule has 0 saturated carbocycles. The van der Waals surface area contributed by atoms with Crippen LogP contribution in [0.1, 0.15) is 13.8 Å². The number of halogens is 2. The van der Waals surface area contributed by atoms with Gasteiger partial charge in [-0.2, -0.15) is 4.98 Å². The summed E-state index contributed by atoms with van der Waals surface area (Å²) < 4.78 is 29.1. The molecule has 2 aromatic heterocycles. The number of hydrogen-bond donors (Lipinski definition) is 2. The summed E-state index contributed by atoms with van der Waals surface area (Å²) in [6, 6.07) is 12.4. The second-order valence-corrected chi connectivity index (χ2v) is 7.08. The van der Waals surface area contributed by atoms with Crippen molar-refractivity contribution in [1.82, 2.24) is 19.5 Å². The number of fused-ring (bicyclic) bond motifs is 1. The molecule has 0 bridgehead atoms. The Kier molecular flexibility index (Phi) is 5.07. The summed E-state index contributed by atoms with van der Waals surface area (Å²) in [5.74, 6) is 0.502. The molecule has 148 valence electrons. The largest absolute Gasteiger partial charge is 0.324 e. The van der Waals surface area contributed by atoms with E-state index in [4.69, 9.17) is 0 Å². The quantitative estimate of drug-likeness (QED) is 0.468. The van der Waals surface area contributed by atoms with Gasteiger partial charge in [-0.25, -0.2) is 18.7 Å². The van der Waals surface area contributed by atoms with Crippen molar-refractivity contribution in [2.45, 2.75) is 20.4 Å². The van der Waals surface area contributed by atoms with E-state index < -0.39 is 0 Å². The summed E-state index contributed by atoms with van der Waals surface area (Å²) >= 11 is 0. The first-order chi connectivity index (χ1) is 14.0. The Labute approximate surface area is 166 Å². The van der Waals surface area contributed by atoms with Crippen LogP contribution in [0.4, 0.5) is 32.1 Å². The van der Waals surface area contributed by atoms with Crippen LogP contribution in [0.5, 0.6) is 0 Å². The molecule has 0 spiro atoms. The molecule has 2 N–H and O–H groups in total. The molecule has 4 aromatic rings. The Morgan fingerprint density at radius 1 is 0.966 bits per heavy atom. The first kappa shape index (κ1) is 18.8. The molecular weight excluding hydrogens is 374 g/mol. The molecule has 2 aromatic carbocycles. The summed E-state index contributed by atoms with van der Waals surface area (Å²) in [7, 11) is 0. The van der Waals surface area contributed by atoms with Crippen LogP contribution in [-0.2, 0) is 6.54 Å². The molecule has 0 unspecified atom stereocenters. The smallest absolute Gasteiger partial charge is 0.229 e. The minimum Gasteiger partial charge on any atom is -0.324 e. The highest BCUT2D eigenvalue weighted by Gasteiger charge is 2.16. The van der Waals surface area contributed by atoms with Gasteiger partial charge in [-0.05, 0) is 42.3 Å². The number of aromatic nitrogens is 4. The van der Waals surface area contributed by atoms with Gasteiger partial charge in [0.05, 0.1) is 11.9 Å². The zero-order valence-corrected chi connectivity index (χ0v) is 16.0. The van der Waals surface area contributed by atoms with E-state index in [9.17, 15) is 8.78 Å². The monoisotopic (exact) mass is 394 g/mol. The Hall–Kier alpha value is -3.55. The van der Waals surface area contributed by atoms with Crippen LogP contribution in [0.3, 0.4) is 0 Å².